The largest absolute Gasteiger partial charge is 0.389 e. The van der Waals surface area contributed by atoms with Crippen molar-refractivity contribution in [3.05, 3.63) is 0 Å². The summed E-state index contributed by atoms with van der Waals surface area (Å²) in [6, 6.07) is 0. The molecule has 0 aliphatic carbocycles. The number of ether oxygens (including phenoxy) is 2. The van der Waals surface area contributed by atoms with Gasteiger partial charge in [0, 0.05) is 25.7 Å². The summed E-state index contributed by atoms with van der Waals surface area (Å²) in [6.45, 7) is 7.68. The summed E-state index contributed by atoms with van der Waals surface area (Å²) >= 11 is 0. The maximum absolute atomic E-state index is 9.63. The minimum absolute atomic E-state index is 0.0208. The van der Waals surface area contributed by atoms with Crippen LogP contribution in [0.2, 0.25) is 0 Å². The Morgan fingerprint density at radius 1 is 1.57 bits per heavy atom. The van der Waals surface area contributed by atoms with Gasteiger partial charge in [-0.1, -0.05) is 0 Å². The molecule has 1 atom stereocenters. The minimum Gasteiger partial charge on any atom is -0.389 e. The lowest BCUT2D eigenvalue weighted by atomic mass is 10.0. The van der Waals surface area contributed by atoms with Gasteiger partial charge in [-0.15, -0.1) is 0 Å². The van der Waals surface area contributed by atoms with Crippen LogP contribution in [0, 0.1) is 0 Å². The summed E-state index contributed by atoms with van der Waals surface area (Å²) in [5.41, 5.74) is 0.0208. The summed E-state index contributed by atoms with van der Waals surface area (Å²) in [6.07, 6.45) is -0.405. The minimum atomic E-state index is -0.405. The molecule has 1 aliphatic heterocycles. The van der Waals surface area contributed by atoms with Crippen LogP contribution in [-0.2, 0) is 9.47 Å². The summed E-state index contributed by atoms with van der Waals surface area (Å²) in [7, 11) is 1.60. The van der Waals surface area contributed by atoms with Gasteiger partial charge in [0.2, 0.25) is 0 Å². The molecule has 0 bridgehead atoms. The van der Waals surface area contributed by atoms with Crippen molar-refractivity contribution >= 4 is 0 Å². The number of aliphatic hydroxyl groups excluding tert-OH is 1. The normalized spacial score (nSPS) is 24.9. The number of rotatable bonds is 4. The van der Waals surface area contributed by atoms with Crippen LogP contribution in [0.5, 0.6) is 0 Å². The predicted octanol–water partition coefficient (Wildman–Crippen LogP) is 0.105. The van der Waals surface area contributed by atoms with E-state index in [0.717, 1.165) is 19.8 Å². The fraction of sp³-hybridized carbons (Fsp3) is 1.00. The van der Waals surface area contributed by atoms with Crippen LogP contribution >= 0.6 is 0 Å². The van der Waals surface area contributed by atoms with E-state index in [-0.39, 0.29) is 5.54 Å². The van der Waals surface area contributed by atoms with Crippen molar-refractivity contribution in [2.24, 2.45) is 0 Å². The van der Waals surface area contributed by atoms with Gasteiger partial charge in [-0.25, -0.2) is 0 Å². The number of methoxy groups -OCH3 is 1. The van der Waals surface area contributed by atoms with Crippen molar-refractivity contribution in [1.29, 1.82) is 0 Å². The second kappa shape index (κ2) is 5.07. The highest BCUT2D eigenvalue weighted by Gasteiger charge is 2.31. The molecule has 0 aromatic rings. The molecule has 4 nitrogen and oxygen atoms in total. The molecule has 1 rings (SSSR count). The van der Waals surface area contributed by atoms with Gasteiger partial charge in [-0.05, 0) is 13.8 Å². The van der Waals surface area contributed by atoms with Gasteiger partial charge < -0.3 is 14.6 Å². The monoisotopic (exact) mass is 203 g/mol. The molecule has 1 aliphatic rings. The maximum atomic E-state index is 9.63. The topological polar surface area (TPSA) is 41.9 Å². The standard InChI is InChI=1S/C10H21NO3/c1-10(2)8-14-5-4-11(10)6-9(12)7-13-3/h9,12H,4-8H2,1-3H3. The fourth-order valence-electron chi connectivity index (χ4n) is 1.73. The molecule has 0 spiro atoms. The number of hydrogen-bond acceptors (Lipinski definition) is 4. The first-order valence-electron chi connectivity index (χ1n) is 5.06. The van der Waals surface area contributed by atoms with E-state index in [9.17, 15) is 5.11 Å². The van der Waals surface area contributed by atoms with Crippen LogP contribution in [0.3, 0.4) is 0 Å². The Balaban J connectivity index is 2.41. The Morgan fingerprint density at radius 3 is 2.86 bits per heavy atom. The molecule has 1 saturated heterocycles. The van der Waals surface area contributed by atoms with Gasteiger partial charge in [0.15, 0.2) is 0 Å². The number of β-amino-alcohol motifs (C(OH)–C–C–N with tert-alkyl or cyclic N) is 1. The Morgan fingerprint density at radius 2 is 2.29 bits per heavy atom. The lowest BCUT2D eigenvalue weighted by Gasteiger charge is -2.42. The third kappa shape index (κ3) is 3.20. The zero-order valence-electron chi connectivity index (χ0n) is 9.32. The zero-order chi connectivity index (χ0) is 10.6. The Kier molecular flexibility index (Phi) is 4.31. The van der Waals surface area contributed by atoms with Gasteiger partial charge >= 0.3 is 0 Å². The second-order valence-corrected chi connectivity index (χ2v) is 4.42. The molecule has 1 fully saturated rings. The van der Waals surface area contributed by atoms with Gasteiger partial charge in [-0.3, -0.25) is 4.90 Å². The maximum Gasteiger partial charge on any atom is 0.0900 e. The molecule has 1 heterocycles. The molecule has 4 heteroatoms. The van der Waals surface area contributed by atoms with E-state index in [1.54, 1.807) is 7.11 Å². The molecule has 1 N–H and O–H groups in total. The fourth-order valence-corrected chi connectivity index (χ4v) is 1.73. The molecule has 14 heavy (non-hydrogen) atoms. The van der Waals surface area contributed by atoms with Gasteiger partial charge in [0.05, 0.1) is 25.9 Å². The van der Waals surface area contributed by atoms with Crippen molar-refractivity contribution in [2.75, 3.05) is 40.0 Å². The van der Waals surface area contributed by atoms with Crippen molar-refractivity contribution in [1.82, 2.24) is 4.90 Å². The Labute approximate surface area is 85.8 Å². The van der Waals surface area contributed by atoms with Crippen molar-refractivity contribution in [3.8, 4) is 0 Å². The molecule has 84 valence electrons. The van der Waals surface area contributed by atoms with Crippen molar-refractivity contribution in [3.63, 3.8) is 0 Å². The van der Waals surface area contributed by atoms with E-state index in [0.29, 0.717) is 13.2 Å². The lowest BCUT2D eigenvalue weighted by molar-refractivity contribution is -0.0736. The predicted molar refractivity (Wildman–Crippen MR) is 54.4 cm³/mol. The van der Waals surface area contributed by atoms with Crippen LogP contribution in [0.25, 0.3) is 0 Å². The van der Waals surface area contributed by atoms with E-state index >= 15 is 0 Å². The smallest absolute Gasteiger partial charge is 0.0900 e. The van der Waals surface area contributed by atoms with E-state index in [4.69, 9.17) is 9.47 Å². The molecule has 0 saturated carbocycles. The highest BCUT2D eigenvalue weighted by atomic mass is 16.5. The van der Waals surface area contributed by atoms with Crippen LogP contribution in [-0.4, -0.2) is 61.7 Å². The quantitative estimate of drug-likeness (QED) is 0.704. The van der Waals surface area contributed by atoms with Crippen LogP contribution in [0.15, 0.2) is 0 Å². The SMILES string of the molecule is COCC(O)CN1CCOCC1(C)C. The summed E-state index contributed by atoms with van der Waals surface area (Å²) in [5.74, 6) is 0. The first kappa shape index (κ1) is 11.9. The average molecular weight is 203 g/mol. The summed E-state index contributed by atoms with van der Waals surface area (Å²) < 4.78 is 10.3. The molecular formula is C10H21NO3. The summed E-state index contributed by atoms with van der Waals surface area (Å²) in [4.78, 5) is 2.25. The Bertz CT molecular complexity index is 173. The van der Waals surface area contributed by atoms with E-state index in [1.807, 2.05) is 0 Å². The van der Waals surface area contributed by atoms with E-state index < -0.39 is 6.10 Å². The number of aliphatic hydroxyl groups is 1. The third-order valence-electron chi connectivity index (χ3n) is 2.61. The van der Waals surface area contributed by atoms with Gasteiger partial charge in [0.1, 0.15) is 0 Å². The molecule has 0 radical (unpaired) electrons. The molecule has 1 unspecified atom stereocenters. The molecular weight excluding hydrogens is 182 g/mol. The molecule has 0 aromatic carbocycles. The van der Waals surface area contributed by atoms with Crippen molar-refractivity contribution < 1.29 is 14.6 Å². The van der Waals surface area contributed by atoms with Crippen LogP contribution in [0.1, 0.15) is 13.8 Å². The first-order valence-corrected chi connectivity index (χ1v) is 5.06. The van der Waals surface area contributed by atoms with Gasteiger partial charge in [0.25, 0.3) is 0 Å². The average Bonchev–Trinajstić information content (AvgIpc) is 2.09. The number of nitrogens with zero attached hydrogens (tertiary/aromatic N) is 1. The number of hydrogen-bond donors (Lipinski definition) is 1. The highest BCUT2D eigenvalue weighted by molar-refractivity contribution is 4.85. The second-order valence-electron chi connectivity index (χ2n) is 4.42. The summed E-state index contributed by atoms with van der Waals surface area (Å²) in [5, 5.41) is 9.63. The Hall–Kier alpha value is -0.160. The van der Waals surface area contributed by atoms with Crippen LogP contribution < -0.4 is 0 Å². The third-order valence-corrected chi connectivity index (χ3v) is 2.61. The molecule has 0 amide bonds. The highest BCUT2D eigenvalue weighted by Crippen LogP contribution is 2.18. The first-order chi connectivity index (χ1) is 6.56. The van der Waals surface area contributed by atoms with Gasteiger partial charge in [-0.2, -0.15) is 0 Å². The van der Waals surface area contributed by atoms with E-state index in [2.05, 4.69) is 18.7 Å². The zero-order valence-corrected chi connectivity index (χ0v) is 9.32. The molecule has 0 aromatic heterocycles. The van der Waals surface area contributed by atoms with Crippen molar-refractivity contribution in [2.45, 2.75) is 25.5 Å². The number of morpholine rings is 1. The van der Waals surface area contributed by atoms with E-state index in [1.165, 1.54) is 0 Å². The lowest BCUT2D eigenvalue weighted by Crippen LogP contribution is -2.55. The van der Waals surface area contributed by atoms with Crippen LogP contribution in [0.4, 0.5) is 0 Å².